The van der Waals surface area contributed by atoms with Crippen molar-refractivity contribution in [2.24, 2.45) is 11.8 Å². The molecule has 2 fully saturated rings. The molecule has 0 N–H and O–H groups in total. The largest absolute Gasteiger partial charge is 0.385 e. The van der Waals surface area contributed by atoms with Crippen molar-refractivity contribution >= 4 is 0 Å². The molecule has 0 aliphatic carbocycles. The van der Waals surface area contributed by atoms with Crippen LogP contribution in [-0.4, -0.2) is 33.2 Å². The second-order valence-electron chi connectivity index (χ2n) is 3.74. The fourth-order valence-electron chi connectivity index (χ4n) is 2.14. The Morgan fingerprint density at radius 1 is 1.54 bits per heavy atom. The molecule has 3 atom stereocenters. The number of hydrogen-bond donors (Lipinski definition) is 0. The lowest BCUT2D eigenvalue weighted by molar-refractivity contribution is -0.0905. The summed E-state index contributed by atoms with van der Waals surface area (Å²) in [5.41, 5.74) is 1.18. The first kappa shape index (κ1) is 9.19. The van der Waals surface area contributed by atoms with Gasteiger partial charge in [0.25, 0.3) is 0 Å². The molecular weight excluding hydrogens is 168 g/mol. The van der Waals surface area contributed by atoms with Crippen molar-refractivity contribution in [3.8, 4) is 0 Å². The maximum atomic E-state index is 5.52. The molecule has 0 aromatic carbocycles. The van der Waals surface area contributed by atoms with Gasteiger partial charge in [0.15, 0.2) is 6.29 Å². The van der Waals surface area contributed by atoms with E-state index in [2.05, 4.69) is 6.58 Å². The van der Waals surface area contributed by atoms with Crippen LogP contribution in [0.1, 0.15) is 6.42 Å². The topological polar surface area (TPSA) is 27.7 Å². The first-order valence-electron chi connectivity index (χ1n) is 4.72. The molecule has 0 saturated carbocycles. The van der Waals surface area contributed by atoms with E-state index < -0.39 is 0 Å². The van der Waals surface area contributed by atoms with Crippen molar-refractivity contribution in [3.05, 3.63) is 12.2 Å². The fourth-order valence-corrected chi connectivity index (χ4v) is 2.14. The van der Waals surface area contributed by atoms with Gasteiger partial charge in [-0.3, -0.25) is 0 Å². The summed E-state index contributed by atoms with van der Waals surface area (Å²) < 4.78 is 16.0. The van der Waals surface area contributed by atoms with Crippen LogP contribution in [0, 0.1) is 11.8 Å². The average molecular weight is 184 g/mol. The summed E-state index contributed by atoms with van der Waals surface area (Å²) in [4.78, 5) is 0. The molecule has 2 aliphatic rings. The molecule has 0 bridgehead atoms. The molecule has 0 aromatic rings. The molecule has 2 aliphatic heterocycles. The Kier molecular flexibility index (Phi) is 2.67. The van der Waals surface area contributed by atoms with E-state index in [1.54, 1.807) is 7.11 Å². The van der Waals surface area contributed by atoms with Crippen molar-refractivity contribution in [2.45, 2.75) is 12.7 Å². The van der Waals surface area contributed by atoms with Gasteiger partial charge in [-0.2, -0.15) is 0 Å². The van der Waals surface area contributed by atoms with Gasteiger partial charge >= 0.3 is 0 Å². The second-order valence-corrected chi connectivity index (χ2v) is 3.74. The Morgan fingerprint density at radius 2 is 2.38 bits per heavy atom. The van der Waals surface area contributed by atoms with Crippen LogP contribution in [0.15, 0.2) is 12.2 Å². The molecule has 2 saturated heterocycles. The van der Waals surface area contributed by atoms with Gasteiger partial charge in [0.2, 0.25) is 0 Å². The zero-order chi connectivity index (χ0) is 9.26. The van der Waals surface area contributed by atoms with Crippen molar-refractivity contribution < 1.29 is 14.2 Å². The molecule has 3 nitrogen and oxygen atoms in total. The SMILES string of the molecule is C=C1COC2OC[C@@H](CCOC)[C@H]12. The van der Waals surface area contributed by atoms with Gasteiger partial charge in [0.05, 0.1) is 13.2 Å². The standard InChI is InChI=1S/C10H16O3/c1-7-5-12-10-9(7)8(6-13-10)3-4-11-2/h8-10H,1,3-6H2,2H3/t8-,9+,10?/m1/s1. The summed E-state index contributed by atoms with van der Waals surface area (Å²) >= 11 is 0. The molecule has 3 heteroatoms. The van der Waals surface area contributed by atoms with Gasteiger partial charge in [0.1, 0.15) is 0 Å². The van der Waals surface area contributed by atoms with E-state index in [-0.39, 0.29) is 6.29 Å². The number of ether oxygens (including phenoxy) is 3. The quantitative estimate of drug-likeness (QED) is 0.617. The van der Waals surface area contributed by atoms with Crippen molar-refractivity contribution in [1.29, 1.82) is 0 Å². The van der Waals surface area contributed by atoms with Crippen LogP contribution in [-0.2, 0) is 14.2 Å². The summed E-state index contributed by atoms with van der Waals surface area (Å²) in [5, 5.41) is 0. The zero-order valence-electron chi connectivity index (χ0n) is 7.99. The summed E-state index contributed by atoms with van der Waals surface area (Å²) in [6.07, 6.45) is 1.02. The van der Waals surface area contributed by atoms with Crippen molar-refractivity contribution in [2.75, 3.05) is 26.9 Å². The van der Waals surface area contributed by atoms with Crippen LogP contribution < -0.4 is 0 Å². The lowest BCUT2D eigenvalue weighted by Crippen LogP contribution is -2.17. The number of methoxy groups -OCH3 is 1. The molecule has 1 unspecified atom stereocenters. The lowest BCUT2D eigenvalue weighted by Gasteiger charge is -2.14. The van der Waals surface area contributed by atoms with E-state index in [1.807, 2.05) is 0 Å². The summed E-state index contributed by atoms with van der Waals surface area (Å²) in [6, 6.07) is 0. The summed E-state index contributed by atoms with van der Waals surface area (Å²) in [5.74, 6) is 0.954. The Morgan fingerprint density at radius 3 is 3.15 bits per heavy atom. The zero-order valence-corrected chi connectivity index (χ0v) is 7.99. The van der Waals surface area contributed by atoms with Crippen LogP contribution in [0.5, 0.6) is 0 Å². The maximum absolute atomic E-state index is 5.52. The van der Waals surface area contributed by atoms with Gasteiger partial charge in [-0.25, -0.2) is 0 Å². The first-order chi connectivity index (χ1) is 6.33. The molecular formula is C10H16O3. The normalized spacial score (nSPS) is 38.2. The summed E-state index contributed by atoms with van der Waals surface area (Å²) in [6.45, 7) is 6.26. The van der Waals surface area contributed by atoms with E-state index in [1.165, 1.54) is 5.57 Å². The summed E-state index contributed by atoms with van der Waals surface area (Å²) in [7, 11) is 1.73. The number of fused-ring (bicyclic) bond motifs is 1. The maximum Gasteiger partial charge on any atom is 0.164 e. The highest BCUT2D eigenvalue weighted by atomic mass is 16.7. The predicted molar refractivity (Wildman–Crippen MR) is 48.3 cm³/mol. The predicted octanol–water partition coefficient (Wildman–Crippen LogP) is 1.20. The molecule has 0 amide bonds. The van der Waals surface area contributed by atoms with Gasteiger partial charge in [-0.05, 0) is 17.9 Å². The highest BCUT2D eigenvalue weighted by molar-refractivity contribution is 5.11. The number of hydrogen-bond acceptors (Lipinski definition) is 3. The molecule has 74 valence electrons. The Labute approximate surface area is 78.7 Å². The minimum atomic E-state index is -0.0191. The first-order valence-corrected chi connectivity index (χ1v) is 4.72. The van der Waals surface area contributed by atoms with Gasteiger partial charge in [0, 0.05) is 19.6 Å². The van der Waals surface area contributed by atoms with E-state index in [0.717, 1.165) is 19.6 Å². The van der Waals surface area contributed by atoms with Crippen LogP contribution >= 0.6 is 0 Å². The van der Waals surface area contributed by atoms with Gasteiger partial charge in [-0.1, -0.05) is 6.58 Å². The molecule has 0 radical (unpaired) electrons. The molecule has 2 rings (SSSR count). The molecule has 0 aromatic heterocycles. The Hall–Kier alpha value is -0.380. The third kappa shape index (κ3) is 1.64. The van der Waals surface area contributed by atoms with Crippen molar-refractivity contribution in [3.63, 3.8) is 0 Å². The van der Waals surface area contributed by atoms with E-state index >= 15 is 0 Å². The fraction of sp³-hybridized carbons (Fsp3) is 0.800. The minimum Gasteiger partial charge on any atom is -0.385 e. The third-order valence-corrected chi connectivity index (χ3v) is 2.87. The van der Waals surface area contributed by atoms with Gasteiger partial charge in [-0.15, -0.1) is 0 Å². The Balaban J connectivity index is 1.94. The molecule has 13 heavy (non-hydrogen) atoms. The van der Waals surface area contributed by atoms with Crippen LogP contribution in [0.25, 0.3) is 0 Å². The number of rotatable bonds is 3. The van der Waals surface area contributed by atoms with E-state index in [0.29, 0.717) is 18.4 Å². The highest BCUT2D eigenvalue weighted by Gasteiger charge is 2.43. The highest BCUT2D eigenvalue weighted by Crippen LogP contribution is 2.39. The molecule has 2 heterocycles. The minimum absolute atomic E-state index is 0.0191. The smallest absolute Gasteiger partial charge is 0.164 e. The second kappa shape index (κ2) is 3.78. The van der Waals surface area contributed by atoms with Crippen molar-refractivity contribution in [1.82, 2.24) is 0 Å². The van der Waals surface area contributed by atoms with Crippen LogP contribution in [0.4, 0.5) is 0 Å². The average Bonchev–Trinajstić information content (AvgIpc) is 2.67. The van der Waals surface area contributed by atoms with Crippen LogP contribution in [0.3, 0.4) is 0 Å². The lowest BCUT2D eigenvalue weighted by atomic mass is 9.88. The monoisotopic (exact) mass is 184 g/mol. The third-order valence-electron chi connectivity index (χ3n) is 2.87. The van der Waals surface area contributed by atoms with Gasteiger partial charge < -0.3 is 14.2 Å². The van der Waals surface area contributed by atoms with Crippen LogP contribution in [0.2, 0.25) is 0 Å². The van der Waals surface area contributed by atoms with E-state index in [9.17, 15) is 0 Å². The van der Waals surface area contributed by atoms with E-state index in [4.69, 9.17) is 14.2 Å². The molecule has 0 spiro atoms. The Bertz CT molecular complexity index is 202.